The van der Waals surface area contributed by atoms with Gasteiger partial charge in [0.1, 0.15) is 0 Å². The van der Waals surface area contributed by atoms with Gasteiger partial charge in [0.25, 0.3) is 0 Å². The second-order valence-electron chi connectivity index (χ2n) is 2.71. The van der Waals surface area contributed by atoms with Gasteiger partial charge >= 0.3 is 5.97 Å². The Morgan fingerprint density at radius 1 is 1.50 bits per heavy atom. The molecule has 0 unspecified atom stereocenters. The van der Waals surface area contributed by atoms with Crippen LogP contribution in [0.4, 0.5) is 13.2 Å². The third-order valence-electron chi connectivity index (χ3n) is 1.67. The quantitative estimate of drug-likeness (QED) is 0.467. The number of pyridine rings is 1. The van der Waals surface area contributed by atoms with Crippen LogP contribution in [0.15, 0.2) is 11.1 Å². The number of hydrogen-bond donors (Lipinski definition) is 0. The molecule has 0 saturated carbocycles. The number of hydrogen-bond acceptors (Lipinski definition) is 4. The first kappa shape index (κ1) is 12.8. The zero-order chi connectivity index (χ0) is 12.1. The molecule has 3 nitrogen and oxygen atoms in total. The van der Waals surface area contributed by atoms with Crippen LogP contribution in [0.25, 0.3) is 0 Å². The van der Waals surface area contributed by atoms with Crippen LogP contribution in [-0.2, 0) is 9.53 Å². The summed E-state index contributed by atoms with van der Waals surface area (Å²) >= 11 is 0.701. The molecular formula is C9H8F3NO2S. The molecule has 7 heteroatoms. The number of esters is 1. The largest absolute Gasteiger partial charge is 0.469 e. The molecule has 1 aromatic rings. The number of ether oxygens (including phenoxy) is 1. The van der Waals surface area contributed by atoms with Gasteiger partial charge in [-0.25, -0.2) is 13.8 Å². The van der Waals surface area contributed by atoms with E-state index in [1.165, 1.54) is 7.11 Å². The van der Waals surface area contributed by atoms with E-state index in [0.29, 0.717) is 18.0 Å². The summed E-state index contributed by atoms with van der Waals surface area (Å²) in [5.41, 5.74) is 0. The standard InChI is InChI=1S/C9H8F3NO2S/c1-15-6(14)2-3-16-8-5(10)4-13-9(12)7(8)11/h4H,2-3H2,1H3. The predicted molar refractivity (Wildman–Crippen MR) is 51.5 cm³/mol. The number of methoxy groups -OCH3 is 1. The maximum Gasteiger partial charge on any atom is 0.306 e. The highest BCUT2D eigenvalue weighted by Crippen LogP contribution is 2.26. The van der Waals surface area contributed by atoms with Gasteiger partial charge < -0.3 is 4.74 Å². The minimum absolute atomic E-state index is 0.00993. The van der Waals surface area contributed by atoms with Crippen LogP contribution in [0, 0.1) is 17.6 Å². The van der Waals surface area contributed by atoms with E-state index in [9.17, 15) is 18.0 Å². The molecule has 16 heavy (non-hydrogen) atoms. The second kappa shape index (κ2) is 5.74. The fourth-order valence-electron chi connectivity index (χ4n) is 0.898. The fraction of sp³-hybridized carbons (Fsp3) is 0.333. The maximum absolute atomic E-state index is 13.1. The van der Waals surface area contributed by atoms with Crippen molar-refractivity contribution in [3.05, 3.63) is 23.8 Å². The summed E-state index contributed by atoms with van der Waals surface area (Å²) in [6.45, 7) is 0. The van der Waals surface area contributed by atoms with Gasteiger partial charge in [0.05, 0.1) is 24.6 Å². The molecule has 1 aromatic heterocycles. The molecule has 0 aliphatic heterocycles. The van der Waals surface area contributed by atoms with Crippen molar-refractivity contribution >= 4 is 17.7 Å². The Bertz CT molecular complexity index is 401. The van der Waals surface area contributed by atoms with E-state index in [-0.39, 0.29) is 12.2 Å². The van der Waals surface area contributed by atoms with E-state index in [1.807, 2.05) is 0 Å². The molecule has 0 radical (unpaired) electrons. The molecule has 0 aromatic carbocycles. The van der Waals surface area contributed by atoms with Gasteiger partial charge in [-0.2, -0.15) is 4.39 Å². The van der Waals surface area contributed by atoms with Gasteiger partial charge in [0.2, 0.25) is 5.95 Å². The Balaban J connectivity index is 2.67. The Morgan fingerprint density at radius 2 is 2.19 bits per heavy atom. The predicted octanol–water partition coefficient (Wildman–Crippen LogP) is 2.15. The van der Waals surface area contributed by atoms with Gasteiger partial charge in [0, 0.05) is 5.75 Å². The van der Waals surface area contributed by atoms with Crippen molar-refractivity contribution in [2.24, 2.45) is 0 Å². The summed E-state index contributed by atoms with van der Waals surface area (Å²) in [5.74, 6) is -4.04. The van der Waals surface area contributed by atoms with Crippen molar-refractivity contribution in [3.63, 3.8) is 0 Å². The Hall–Kier alpha value is -1.24. The van der Waals surface area contributed by atoms with Crippen molar-refractivity contribution in [3.8, 4) is 0 Å². The SMILES string of the molecule is COC(=O)CCSc1c(F)cnc(F)c1F. The van der Waals surface area contributed by atoms with Crippen LogP contribution in [-0.4, -0.2) is 23.8 Å². The van der Waals surface area contributed by atoms with Crippen molar-refractivity contribution in [2.45, 2.75) is 11.3 Å². The van der Waals surface area contributed by atoms with E-state index >= 15 is 0 Å². The minimum atomic E-state index is -1.36. The van der Waals surface area contributed by atoms with Crippen molar-refractivity contribution in [1.29, 1.82) is 0 Å². The van der Waals surface area contributed by atoms with E-state index in [0.717, 1.165) is 0 Å². The van der Waals surface area contributed by atoms with Gasteiger partial charge in [-0.3, -0.25) is 4.79 Å². The minimum Gasteiger partial charge on any atom is -0.469 e. The van der Waals surface area contributed by atoms with Gasteiger partial charge in [0.15, 0.2) is 11.6 Å². The average Bonchev–Trinajstić information content (AvgIpc) is 2.28. The van der Waals surface area contributed by atoms with E-state index in [4.69, 9.17) is 0 Å². The summed E-state index contributed by atoms with van der Waals surface area (Å²) in [6, 6.07) is 0. The van der Waals surface area contributed by atoms with E-state index < -0.39 is 28.4 Å². The van der Waals surface area contributed by atoms with Crippen molar-refractivity contribution < 1.29 is 22.7 Å². The molecule has 0 aliphatic rings. The topological polar surface area (TPSA) is 39.2 Å². The Morgan fingerprint density at radius 3 is 2.81 bits per heavy atom. The van der Waals surface area contributed by atoms with Crippen LogP contribution in [0.3, 0.4) is 0 Å². The van der Waals surface area contributed by atoms with Gasteiger partial charge in [-0.15, -0.1) is 11.8 Å². The zero-order valence-corrected chi connectivity index (χ0v) is 9.11. The van der Waals surface area contributed by atoms with Crippen LogP contribution in [0.2, 0.25) is 0 Å². The summed E-state index contributed by atoms with van der Waals surface area (Å²) in [7, 11) is 1.21. The summed E-state index contributed by atoms with van der Waals surface area (Å²) in [5, 5.41) is 0. The molecule has 0 aliphatic carbocycles. The molecule has 0 N–H and O–H groups in total. The highest BCUT2D eigenvalue weighted by molar-refractivity contribution is 7.99. The number of aromatic nitrogens is 1. The lowest BCUT2D eigenvalue weighted by Crippen LogP contribution is -2.02. The first-order valence-electron chi connectivity index (χ1n) is 4.25. The second-order valence-corrected chi connectivity index (χ2v) is 3.82. The lowest BCUT2D eigenvalue weighted by atomic mass is 10.4. The number of nitrogens with zero attached hydrogens (tertiary/aromatic N) is 1. The highest BCUT2D eigenvalue weighted by Gasteiger charge is 2.15. The first-order valence-corrected chi connectivity index (χ1v) is 5.24. The lowest BCUT2D eigenvalue weighted by Gasteiger charge is -2.04. The van der Waals surface area contributed by atoms with Gasteiger partial charge in [-0.1, -0.05) is 0 Å². The molecule has 0 spiro atoms. The molecular weight excluding hydrogens is 243 g/mol. The Labute approximate surface area is 94.0 Å². The first-order chi connectivity index (χ1) is 7.56. The van der Waals surface area contributed by atoms with Crippen LogP contribution < -0.4 is 0 Å². The van der Waals surface area contributed by atoms with E-state index in [1.54, 1.807) is 0 Å². The fourth-order valence-corrected chi connectivity index (χ4v) is 1.77. The molecule has 0 saturated heterocycles. The van der Waals surface area contributed by atoms with Crippen LogP contribution in [0.1, 0.15) is 6.42 Å². The number of halogens is 3. The summed E-state index contributed by atoms with van der Waals surface area (Å²) in [4.78, 5) is 13.1. The van der Waals surface area contributed by atoms with Gasteiger partial charge in [-0.05, 0) is 0 Å². The average molecular weight is 251 g/mol. The molecule has 1 heterocycles. The van der Waals surface area contributed by atoms with Crippen molar-refractivity contribution in [2.75, 3.05) is 12.9 Å². The third-order valence-corrected chi connectivity index (χ3v) is 2.74. The molecule has 0 atom stereocenters. The number of thioether (sulfide) groups is 1. The molecule has 0 amide bonds. The molecule has 88 valence electrons. The van der Waals surface area contributed by atoms with Crippen LogP contribution >= 0.6 is 11.8 Å². The molecule has 0 bridgehead atoms. The highest BCUT2D eigenvalue weighted by atomic mass is 32.2. The zero-order valence-electron chi connectivity index (χ0n) is 8.30. The maximum atomic E-state index is 13.1. The molecule has 1 rings (SSSR count). The smallest absolute Gasteiger partial charge is 0.306 e. The summed E-state index contributed by atoms with van der Waals surface area (Å²) in [6.07, 6.45) is 0.586. The van der Waals surface area contributed by atoms with Crippen LogP contribution in [0.5, 0.6) is 0 Å². The number of carbonyl (C=O) groups is 1. The number of carbonyl (C=O) groups excluding carboxylic acids is 1. The number of rotatable bonds is 4. The van der Waals surface area contributed by atoms with E-state index in [2.05, 4.69) is 9.72 Å². The normalized spacial score (nSPS) is 10.2. The lowest BCUT2D eigenvalue weighted by molar-refractivity contribution is -0.140. The summed E-state index contributed by atoms with van der Waals surface area (Å²) < 4.78 is 43.1. The Kier molecular flexibility index (Phi) is 4.60. The third kappa shape index (κ3) is 3.13. The monoisotopic (exact) mass is 251 g/mol. The molecule has 0 fully saturated rings. The van der Waals surface area contributed by atoms with Crippen molar-refractivity contribution in [1.82, 2.24) is 4.98 Å².